The first-order valence-corrected chi connectivity index (χ1v) is 12.7. The molecule has 0 bridgehead atoms. The molecule has 35 heavy (non-hydrogen) atoms. The predicted octanol–water partition coefficient (Wildman–Crippen LogP) is -2.59. The van der Waals surface area contributed by atoms with Gasteiger partial charge in [-0.1, -0.05) is 6.92 Å². The van der Waals surface area contributed by atoms with Crippen LogP contribution in [0.5, 0.6) is 0 Å². The van der Waals surface area contributed by atoms with Gasteiger partial charge in [-0.2, -0.15) is 0 Å². The van der Waals surface area contributed by atoms with Crippen molar-refractivity contribution < 1.29 is 58.6 Å². The molecular formula is C22H23N4NaO6S2. The molecule has 3 aliphatic heterocycles. The van der Waals surface area contributed by atoms with Gasteiger partial charge in [0.15, 0.2) is 10.9 Å². The second kappa shape index (κ2) is 10.3. The number of nitrogens with one attached hydrogen (secondary N) is 1. The average molecular weight is 527 g/mol. The third-order valence-corrected chi connectivity index (χ3v) is 8.83. The number of β-lactam (4-membered cyclic amide) rings is 1. The number of fused-ring (bicyclic) bond motifs is 1. The summed E-state index contributed by atoms with van der Waals surface area (Å²) >= 11 is 2.95. The molecular weight excluding hydrogens is 503 g/mol. The fourth-order valence-electron chi connectivity index (χ4n) is 4.71. The Bertz CT molecular complexity index is 1160. The predicted molar refractivity (Wildman–Crippen MR) is 123 cm³/mol. The first-order valence-electron chi connectivity index (χ1n) is 10.9. The number of hydrogen-bond donors (Lipinski definition) is 2. The molecule has 0 spiro atoms. The van der Waals surface area contributed by atoms with Gasteiger partial charge in [0.1, 0.15) is 0 Å². The molecule has 2 N–H and O–H groups in total. The maximum absolute atomic E-state index is 12.4. The zero-order chi connectivity index (χ0) is 24.1. The van der Waals surface area contributed by atoms with Crippen LogP contribution in [-0.4, -0.2) is 63.3 Å². The van der Waals surface area contributed by atoms with Crippen LogP contribution in [0.15, 0.2) is 38.8 Å². The van der Waals surface area contributed by atoms with Crippen molar-refractivity contribution in [2.24, 2.45) is 11.8 Å². The maximum atomic E-state index is 12.4. The topological polar surface area (TPSA) is 139 Å². The van der Waals surface area contributed by atoms with Crippen molar-refractivity contribution in [1.29, 1.82) is 0 Å². The van der Waals surface area contributed by atoms with Crippen molar-refractivity contribution in [3.05, 3.63) is 45.8 Å². The molecule has 2 fully saturated rings. The minimum absolute atomic E-state index is 0. The number of carboxylic acid groups (broad SMARTS) is 1. The van der Waals surface area contributed by atoms with Gasteiger partial charge in [0, 0.05) is 34.5 Å². The number of carbonyl (C=O) groups excluding carboxylic acids is 3. The molecule has 2 saturated heterocycles. The molecule has 2 aromatic heterocycles. The number of carboxylic acids is 1. The van der Waals surface area contributed by atoms with E-state index < -0.39 is 18.0 Å². The number of amides is 2. The van der Waals surface area contributed by atoms with Gasteiger partial charge in [0.05, 0.1) is 48.2 Å². The van der Waals surface area contributed by atoms with Crippen LogP contribution in [0, 0.1) is 11.8 Å². The minimum Gasteiger partial charge on any atom is -0.543 e. The van der Waals surface area contributed by atoms with E-state index in [1.807, 2.05) is 12.3 Å². The molecule has 10 nitrogen and oxygen atoms in total. The number of aromatic nitrogens is 1. The Morgan fingerprint density at radius 3 is 2.80 bits per heavy atom. The molecule has 13 heteroatoms. The average Bonchev–Trinajstić information content (AvgIpc) is 3.48. The Morgan fingerprint density at radius 2 is 2.17 bits per heavy atom. The zero-order valence-corrected chi connectivity index (χ0v) is 23.1. The van der Waals surface area contributed by atoms with Crippen molar-refractivity contribution >= 4 is 46.0 Å². The summed E-state index contributed by atoms with van der Waals surface area (Å²) in [7, 11) is 0. The van der Waals surface area contributed by atoms with Crippen molar-refractivity contribution in [3.8, 4) is 0 Å². The summed E-state index contributed by atoms with van der Waals surface area (Å²) in [5.74, 6) is -2.52. The molecule has 0 radical (unpaired) electrons. The fraction of sp³-hybridized carbons (Fsp3) is 0.455. The molecule has 5 heterocycles. The number of rotatable bonds is 8. The number of aliphatic hydroxyl groups is 1. The summed E-state index contributed by atoms with van der Waals surface area (Å²) in [4.78, 5) is 44.9. The molecule has 0 saturated carbocycles. The van der Waals surface area contributed by atoms with Crippen molar-refractivity contribution in [2.75, 3.05) is 18.0 Å². The van der Waals surface area contributed by atoms with E-state index in [1.165, 1.54) is 34.3 Å². The van der Waals surface area contributed by atoms with Gasteiger partial charge < -0.3 is 34.5 Å². The van der Waals surface area contributed by atoms with E-state index >= 15 is 0 Å². The molecule has 2 amide bonds. The van der Waals surface area contributed by atoms with Crippen LogP contribution in [0.4, 0.5) is 5.13 Å². The van der Waals surface area contributed by atoms with Gasteiger partial charge in [-0.15, -0.1) is 23.1 Å². The third kappa shape index (κ3) is 4.67. The van der Waals surface area contributed by atoms with E-state index in [4.69, 9.17) is 4.42 Å². The number of thioether (sulfide) groups is 1. The molecule has 5 rings (SSSR count). The second-order valence-corrected chi connectivity index (χ2v) is 10.9. The van der Waals surface area contributed by atoms with E-state index in [9.17, 15) is 24.6 Å². The molecule has 0 aliphatic carbocycles. The summed E-state index contributed by atoms with van der Waals surface area (Å²) in [6, 6.07) is 2.91. The number of hydrogen-bond acceptors (Lipinski definition) is 10. The van der Waals surface area contributed by atoms with Gasteiger partial charge in [0.2, 0.25) is 5.91 Å². The minimum atomic E-state index is -1.36. The third-order valence-electron chi connectivity index (χ3n) is 6.43. The van der Waals surface area contributed by atoms with E-state index in [2.05, 4.69) is 15.2 Å². The van der Waals surface area contributed by atoms with Gasteiger partial charge >= 0.3 is 29.6 Å². The number of furan rings is 1. The Kier molecular flexibility index (Phi) is 7.70. The van der Waals surface area contributed by atoms with Gasteiger partial charge in [-0.3, -0.25) is 9.59 Å². The van der Waals surface area contributed by atoms with Crippen LogP contribution in [0.3, 0.4) is 0 Å². The maximum Gasteiger partial charge on any atom is 1.00 e. The molecule has 0 unspecified atom stereocenters. The number of thiazole rings is 1. The normalized spacial score (nSPS) is 24.4. The van der Waals surface area contributed by atoms with Crippen LogP contribution in [0.1, 0.15) is 30.1 Å². The quantitative estimate of drug-likeness (QED) is 0.280. The van der Waals surface area contributed by atoms with E-state index in [1.54, 1.807) is 19.1 Å². The monoisotopic (exact) mass is 526 g/mol. The van der Waals surface area contributed by atoms with Crippen LogP contribution < -0.4 is 44.9 Å². The largest absolute Gasteiger partial charge is 1.00 e. The molecule has 4 atom stereocenters. The summed E-state index contributed by atoms with van der Waals surface area (Å²) in [6.07, 6.45) is 0.614. The van der Waals surface area contributed by atoms with Crippen LogP contribution in [0.25, 0.3) is 0 Å². The van der Waals surface area contributed by atoms with E-state index in [-0.39, 0.29) is 76.6 Å². The first kappa shape index (κ1) is 26.2. The van der Waals surface area contributed by atoms with Crippen molar-refractivity contribution in [1.82, 2.24) is 15.2 Å². The second-order valence-electron chi connectivity index (χ2n) is 8.68. The van der Waals surface area contributed by atoms with E-state index in [0.29, 0.717) is 18.0 Å². The number of aliphatic carboxylic acids is 1. The Morgan fingerprint density at radius 1 is 1.43 bits per heavy atom. The summed E-state index contributed by atoms with van der Waals surface area (Å²) in [5, 5.41) is 27.4. The number of nitrogens with zero attached hydrogens (tertiary/aromatic N) is 3. The number of aliphatic hydroxyl groups excluding tert-OH is 1. The molecule has 2 aromatic rings. The molecule has 3 aliphatic rings. The summed E-state index contributed by atoms with van der Waals surface area (Å²) in [5.41, 5.74) is 0.695. The van der Waals surface area contributed by atoms with Gasteiger partial charge in [0.25, 0.3) is 5.91 Å². The van der Waals surface area contributed by atoms with Crippen LogP contribution in [0.2, 0.25) is 0 Å². The summed E-state index contributed by atoms with van der Waals surface area (Å²) < 4.78 is 5.07. The number of carbonyl (C=O) groups is 3. The van der Waals surface area contributed by atoms with Crippen LogP contribution >= 0.6 is 23.1 Å². The molecule has 180 valence electrons. The van der Waals surface area contributed by atoms with Gasteiger partial charge in [-0.25, -0.2) is 4.98 Å². The van der Waals surface area contributed by atoms with Crippen molar-refractivity contribution in [2.45, 2.75) is 37.8 Å². The van der Waals surface area contributed by atoms with Gasteiger partial charge in [-0.05, 0) is 19.1 Å². The first-order chi connectivity index (χ1) is 16.3. The standard InChI is InChI=1S/C22H24N4O6S2.Na/c1-10-16-15(11(2)27)20(29)26(16)17(21(30)31)18(10)34-13-7-25(8-13)22-24-12(9-33-22)6-23-19(28)14-4-3-5-32-14;/h3-5,9-11,13,15-16,27H,6-8H2,1-2H3,(H,23,28)(H,30,31);/q;+1/p-1/t10-,11-,15-,16-;/m1./s1. The number of anilines is 1. The molecule has 0 aromatic carbocycles. The summed E-state index contributed by atoms with van der Waals surface area (Å²) in [6.45, 7) is 5.12. The SMILES string of the molecule is C[C@@H](O)[C@H]1C(=O)N2C(C(=O)[O-])=C(SC3CN(c4nc(CNC(=O)c5ccco5)cs4)C3)[C@H](C)[C@H]12.[Na+]. The Labute approximate surface area is 232 Å². The Hall–Kier alpha value is -1.83. The fourth-order valence-corrected chi connectivity index (χ4v) is 7.07. The smallest absolute Gasteiger partial charge is 0.543 e. The van der Waals surface area contributed by atoms with Crippen molar-refractivity contribution in [3.63, 3.8) is 0 Å². The Balaban J connectivity index is 0.00000289. The van der Waals surface area contributed by atoms with E-state index in [0.717, 1.165) is 10.8 Å². The zero-order valence-electron chi connectivity index (χ0n) is 19.5. The van der Waals surface area contributed by atoms with Crippen LogP contribution in [-0.2, 0) is 16.1 Å².